The van der Waals surface area contributed by atoms with Gasteiger partial charge in [0.25, 0.3) is 0 Å². The summed E-state index contributed by atoms with van der Waals surface area (Å²) < 4.78 is 0. The normalized spacial score (nSPS) is 15.1. The van der Waals surface area contributed by atoms with Crippen molar-refractivity contribution < 1.29 is 9.90 Å². The van der Waals surface area contributed by atoms with E-state index >= 15 is 0 Å². The van der Waals surface area contributed by atoms with Crippen molar-refractivity contribution in [3.05, 3.63) is 23.8 Å². The maximum absolute atomic E-state index is 10.3. The molecule has 0 spiro atoms. The summed E-state index contributed by atoms with van der Waals surface area (Å²) in [5, 5.41) is 8.44. The molecule has 0 aliphatic heterocycles. The highest BCUT2D eigenvalue weighted by Crippen LogP contribution is 2.15. The van der Waals surface area contributed by atoms with Gasteiger partial charge in [-0.1, -0.05) is 31.6 Å². The zero-order chi connectivity index (χ0) is 11.1. The van der Waals surface area contributed by atoms with E-state index in [0.717, 1.165) is 6.42 Å². The number of carboxylic acid groups (broad SMARTS) is 1. The molecule has 0 aliphatic carbocycles. The molecule has 1 N–H and O–H groups in total. The summed E-state index contributed by atoms with van der Waals surface area (Å²) in [7, 11) is 0. The molecule has 2 atom stereocenters. The van der Waals surface area contributed by atoms with E-state index in [-0.39, 0.29) is 0 Å². The van der Waals surface area contributed by atoms with E-state index in [1.807, 2.05) is 6.92 Å². The minimum atomic E-state index is -0.869. The van der Waals surface area contributed by atoms with Gasteiger partial charge in [0.2, 0.25) is 0 Å². The Balaban J connectivity index is 4.00. The fraction of sp³-hybridized carbons (Fsp3) is 0.583. The standard InChI is InChI=1S/C12H20O2/c1-9(2)7-11(4)8-10(3)5-6-12(13)14/h5-7,10-11H,8H2,1-4H3,(H,13,14)/b6-5+/t10-,11+/m1/s1. The molecule has 0 aromatic carbocycles. The highest BCUT2D eigenvalue weighted by Gasteiger charge is 2.03. The van der Waals surface area contributed by atoms with Gasteiger partial charge in [-0.05, 0) is 32.1 Å². The van der Waals surface area contributed by atoms with Gasteiger partial charge in [-0.15, -0.1) is 0 Å². The predicted octanol–water partition coefficient (Wildman–Crippen LogP) is 3.26. The van der Waals surface area contributed by atoms with Crippen LogP contribution in [0.3, 0.4) is 0 Å². The molecule has 0 heterocycles. The van der Waals surface area contributed by atoms with Gasteiger partial charge in [-0.25, -0.2) is 4.79 Å². The molecular formula is C12H20O2. The zero-order valence-electron chi connectivity index (χ0n) is 9.45. The Kier molecular flexibility index (Phi) is 5.93. The molecule has 80 valence electrons. The first-order valence-electron chi connectivity index (χ1n) is 4.98. The Morgan fingerprint density at radius 1 is 1.29 bits per heavy atom. The van der Waals surface area contributed by atoms with Gasteiger partial charge in [0, 0.05) is 6.08 Å². The Morgan fingerprint density at radius 3 is 2.29 bits per heavy atom. The van der Waals surface area contributed by atoms with E-state index in [1.165, 1.54) is 11.6 Å². The predicted molar refractivity (Wildman–Crippen MR) is 59.2 cm³/mol. The largest absolute Gasteiger partial charge is 0.478 e. The fourth-order valence-corrected chi connectivity index (χ4v) is 1.55. The molecule has 0 rings (SSSR count). The second-order valence-corrected chi connectivity index (χ2v) is 4.13. The lowest BCUT2D eigenvalue weighted by Crippen LogP contribution is -1.99. The van der Waals surface area contributed by atoms with Crippen LogP contribution in [0.4, 0.5) is 0 Å². The maximum atomic E-state index is 10.3. The lowest BCUT2D eigenvalue weighted by atomic mass is 9.95. The molecule has 14 heavy (non-hydrogen) atoms. The summed E-state index contributed by atoms with van der Waals surface area (Å²) >= 11 is 0. The number of carboxylic acids is 1. The van der Waals surface area contributed by atoms with Crippen molar-refractivity contribution in [3.8, 4) is 0 Å². The van der Waals surface area contributed by atoms with Gasteiger partial charge in [0.15, 0.2) is 0 Å². The van der Waals surface area contributed by atoms with Gasteiger partial charge in [-0.2, -0.15) is 0 Å². The summed E-state index contributed by atoms with van der Waals surface area (Å²) in [5.74, 6) is -0.0446. The molecule has 2 nitrogen and oxygen atoms in total. The van der Waals surface area contributed by atoms with Crippen LogP contribution in [-0.4, -0.2) is 11.1 Å². The maximum Gasteiger partial charge on any atom is 0.327 e. The topological polar surface area (TPSA) is 37.3 Å². The van der Waals surface area contributed by atoms with Gasteiger partial charge in [0.1, 0.15) is 0 Å². The third-order valence-corrected chi connectivity index (χ3v) is 1.93. The van der Waals surface area contributed by atoms with E-state index in [0.29, 0.717) is 11.8 Å². The number of hydrogen-bond acceptors (Lipinski definition) is 1. The number of carbonyl (C=O) groups is 1. The van der Waals surface area contributed by atoms with Gasteiger partial charge in [0.05, 0.1) is 0 Å². The van der Waals surface area contributed by atoms with Crippen LogP contribution in [0.15, 0.2) is 23.8 Å². The van der Waals surface area contributed by atoms with Gasteiger partial charge in [-0.3, -0.25) is 0 Å². The van der Waals surface area contributed by atoms with E-state index < -0.39 is 5.97 Å². The van der Waals surface area contributed by atoms with Crippen molar-refractivity contribution in [1.82, 2.24) is 0 Å². The van der Waals surface area contributed by atoms with Crippen LogP contribution in [0.1, 0.15) is 34.1 Å². The van der Waals surface area contributed by atoms with Gasteiger partial charge < -0.3 is 5.11 Å². The van der Waals surface area contributed by atoms with Crippen LogP contribution in [0.25, 0.3) is 0 Å². The third kappa shape index (κ3) is 7.59. The summed E-state index contributed by atoms with van der Waals surface area (Å²) in [6.07, 6.45) is 6.18. The molecular weight excluding hydrogens is 176 g/mol. The lowest BCUT2D eigenvalue weighted by molar-refractivity contribution is -0.131. The average molecular weight is 196 g/mol. The summed E-state index contributed by atoms with van der Waals surface area (Å²) in [5.41, 5.74) is 1.31. The van der Waals surface area contributed by atoms with Crippen LogP contribution in [0.2, 0.25) is 0 Å². The average Bonchev–Trinajstić information content (AvgIpc) is 1.98. The number of allylic oxidation sites excluding steroid dienone is 3. The lowest BCUT2D eigenvalue weighted by Gasteiger charge is -2.10. The van der Waals surface area contributed by atoms with Crippen molar-refractivity contribution in [2.24, 2.45) is 11.8 Å². The number of rotatable bonds is 5. The van der Waals surface area contributed by atoms with Crippen LogP contribution >= 0.6 is 0 Å². The molecule has 0 bridgehead atoms. The van der Waals surface area contributed by atoms with Gasteiger partial charge >= 0.3 is 5.97 Å². The van der Waals surface area contributed by atoms with Crippen LogP contribution in [-0.2, 0) is 4.79 Å². The summed E-state index contributed by atoms with van der Waals surface area (Å²) in [6.45, 7) is 8.34. The molecule has 0 aromatic heterocycles. The molecule has 0 radical (unpaired) electrons. The first kappa shape index (κ1) is 12.9. The Bertz CT molecular complexity index is 235. The Morgan fingerprint density at radius 2 is 1.86 bits per heavy atom. The van der Waals surface area contributed by atoms with E-state index in [2.05, 4.69) is 26.8 Å². The Labute approximate surface area is 86.3 Å². The monoisotopic (exact) mass is 196 g/mol. The molecule has 0 aliphatic rings. The highest BCUT2D eigenvalue weighted by molar-refractivity contribution is 5.79. The van der Waals surface area contributed by atoms with Crippen LogP contribution in [0.5, 0.6) is 0 Å². The number of hydrogen-bond donors (Lipinski definition) is 1. The van der Waals surface area contributed by atoms with Crippen molar-refractivity contribution in [3.63, 3.8) is 0 Å². The van der Waals surface area contributed by atoms with Crippen molar-refractivity contribution in [1.29, 1.82) is 0 Å². The zero-order valence-corrected chi connectivity index (χ0v) is 9.45. The number of aliphatic carboxylic acids is 1. The quantitative estimate of drug-likeness (QED) is 0.541. The third-order valence-electron chi connectivity index (χ3n) is 1.93. The summed E-state index contributed by atoms with van der Waals surface area (Å²) in [6, 6.07) is 0. The highest BCUT2D eigenvalue weighted by atomic mass is 16.4. The minimum Gasteiger partial charge on any atom is -0.478 e. The van der Waals surface area contributed by atoms with Crippen LogP contribution in [0, 0.1) is 11.8 Å². The van der Waals surface area contributed by atoms with Crippen LogP contribution < -0.4 is 0 Å². The van der Waals surface area contributed by atoms with E-state index in [4.69, 9.17) is 5.11 Å². The molecule has 0 saturated heterocycles. The van der Waals surface area contributed by atoms with E-state index in [9.17, 15) is 4.79 Å². The molecule has 0 fully saturated rings. The molecule has 2 heteroatoms. The fourth-order valence-electron chi connectivity index (χ4n) is 1.55. The van der Waals surface area contributed by atoms with Crippen molar-refractivity contribution >= 4 is 5.97 Å². The molecule has 0 aromatic rings. The smallest absolute Gasteiger partial charge is 0.327 e. The molecule has 0 amide bonds. The summed E-state index contributed by atoms with van der Waals surface area (Å²) in [4.78, 5) is 10.3. The second kappa shape index (κ2) is 6.41. The van der Waals surface area contributed by atoms with Crippen molar-refractivity contribution in [2.45, 2.75) is 34.1 Å². The first-order valence-corrected chi connectivity index (χ1v) is 4.98. The SMILES string of the molecule is CC(C)=C[C@H](C)C[C@H](C)/C=C/C(=O)O. The first-order chi connectivity index (χ1) is 6.41. The van der Waals surface area contributed by atoms with Crippen molar-refractivity contribution in [2.75, 3.05) is 0 Å². The Hall–Kier alpha value is -1.05. The minimum absolute atomic E-state index is 0.316. The van der Waals surface area contributed by atoms with E-state index in [1.54, 1.807) is 6.08 Å². The molecule has 0 unspecified atom stereocenters. The second-order valence-electron chi connectivity index (χ2n) is 4.13. The molecule has 0 saturated carbocycles.